The lowest BCUT2D eigenvalue weighted by Gasteiger charge is -2.23. The monoisotopic (exact) mass is 384 g/mol. The van der Waals surface area contributed by atoms with Gasteiger partial charge in [0.2, 0.25) is 10.0 Å². The number of aromatic amines is 1. The molecule has 1 aliphatic rings. The van der Waals surface area contributed by atoms with Crippen molar-refractivity contribution in [1.29, 1.82) is 0 Å². The Kier molecular flexibility index (Phi) is 4.48. The Labute approximate surface area is 159 Å². The summed E-state index contributed by atoms with van der Waals surface area (Å²) in [7, 11) is -1.88. The van der Waals surface area contributed by atoms with E-state index in [4.69, 9.17) is 4.74 Å². The van der Waals surface area contributed by atoms with Gasteiger partial charge >= 0.3 is 0 Å². The van der Waals surface area contributed by atoms with Crippen LogP contribution in [0.3, 0.4) is 0 Å². The van der Waals surface area contributed by atoms with Crippen molar-refractivity contribution in [1.82, 2.24) is 9.71 Å². The van der Waals surface area contributed by atoms with Gasteiger partial charge in [-0.05, 0) is 80.1 Å². The van der Waals surface area contributed by atoms with Gasteiger partial charge in [-0.25, -0.2) is 13.1 Å². The molecule has 27 heavy (non-hydrogen) atoms. The number of methoxy groups -OCH3 is 1. The minimum absolute atomic E-state index is 0.116. The first-order chi connectivity index (χ1) is 12.9. The molecule has 0 bridgehead atoms. The van der Waals surface area contributed by atoms with Gasteiger partial charge in [0.05, 0.1) is 12.0 Å². The molecule has 1 unspecified atom stereocenters. The summed E-state index contributed by atoms with van der Waals surface area (Å²) in [5, 5.41) is 1.11. The summed E-state index contributed by atoms with van der Waals surface area (Å²) in [5.41, 5.74) is 5.51. The molecule has 0 radical (unpaired) electrons. The lowest BCUT2D eigenvalue weighted by Crippen LogP contribution is -2.38. The molecular weight excluding hydrogens is 360 g/mol. The third-order valence-corrected chi connectivity index (χ3v) is 7.02. The molecule has 0 spiro atoms. The Balaban J connectivity index is 1.61. The molecule has 1 aliphatic carbocycles. The predicted molar refractivity (Wildman–Crippen MR) is 107 cm³/mol. The highest BCUT2D eigenvalue weighted by molar-refractivity contribution is 7.89. The predicted octanol–water partition coefficient (Wildman–Crippen LogP) is 3.63. The van der Waals surface area contributed by atoms with Crippen LogP contribution < -0.4 is 9.46 Å². The third kappa shape index (κ3) is 3.35. The summed E-state index contributed by atoms with van der Waals surface area (Å²) in [5.74, 6) is 0.808. The maximum absolute atomic E-state index is 12.8. The van der Waals surface area contributed by atoms with E-state index in [1.807, 2.05) is 38.1 Å². The van der Waals surface area contributed by atoms with Crippen LogP contribution in [0.25, 0.3) is 10.9 Å². The van der Waals surface area contributed by atoms with Crippen molar-refractivity contribution in [3.8, 4) is 5.75 Å². The average molecular weight is 385 g/mol. The second-order valence-corrected chi connectivity index (χ2v) is 9.01. The lowest BCUT2D eigenvalue weighted by atomic mass is 9.92. The van der Waals surface area contributed by atoms with Crippen molar-refractivity contribution in [2.75, 3.05) is 7.11 Å². The summed E-state index contributed by atoms with van der Waals surface area (Å²) in [6.07, 6.45) is 2.28. The highest BCUT2D eigenvalue weighted by atomic mass is 32.2. The number of aryl methyl sites for hydroxylation is 3. The number of rotatable bonds is 4. The normalized spacial score (nSPS) is 17.1. The standard InChI is InChI=1S/C21H24N2O3S/c1-13-4-7-17(10-14(13)2)27(24,25)23-15-5-8-20-18(11-15)19-12-16(26-3)6-9-21(19)22-20/h4,6-7,9-10,12,15,22-23H,5,8,11H2,1-3H3. The SMILES string of the molecule is COc1ccc2[nH]c3c(c2c1)CC(NS(=O)(=O)c1ccc(C)c(C)c1)CC3. The lowest BCUT2D eigenvalue weighted by molar-refractivity contribution is 0.415. The second-order valence-electron chi connectivity index (χ2n) is 7.30. The van der Waals surface area contributed by atoms with Crippen LogP contribution in [0.1, 0.15) is 28.8 Å². The molecule has 4 rings (SSSR count). The second kappa shape index (κ2) is 6.69. The molecule has 5 nitrogen and oxygen atoms in total. The van der Waals surface area contributed by atoms with Crippen LogP contribution in [-0.2, 0) is 22.9 Å². The molecule has 0 amide bonds. The molecule has 1 aromatic heterocycles. The van der Waals surface area contributed by atoms with Crippen molar-refractivity contribution in [3.05, 3.63) is 58.8 Å². The van der Waals surface area contributed by atoms with Gasteiger partial charge in [0.15, 0.2) is 0 Å². The van der Waals surface area contributed by atoms with Crippen molar-refractivity contribution in [2.45, 2.75) is 44.0 Å². The molecule has 0 fully saturated rings. The molecular formula is C21H24N2O3S. The highest BCUT2D eigenvalue weighted by Gasteiger charge is 2.27. The molecule has 142 valence electrons. The molecule has 6 heteroatoms. The van der Waals surface area contributed by atoms with Gasteiger partial charge in [-0.15, -0.1) is 0 Å². The number of H-pyrrole nitrogens is 1. The molecule has 2 N–H and O–H groups in total. The van der Waals surface area contributed by atoms with E-state index in [9.17, 15) is 8.42 Å². The Hall–Kier alpha value is -2.31. The van der Waals surface area contributed by atoms with Gasteiger partial charge in [-0.2, -0.15) is 0 Å². The summed E-state index contributed by atoms with van der Waals surface area (Å²) < 4.78 is 33.9. The number of benzene rings is 2. The maximum atomic E-state index is 12.8. The number of ether oxygens (including phenoxy) is 1. The van der Waals surface area contributed by atoms with E-state index in [1.54, 1.807) is 19.2 Å². The van der Waals surface area contributed by atoms with Gasteiger partial charge in [0.25, 0.3) is 0 Å². The van der Waals surface area contributed by atoms with Crippen LogP contribution in [0.5, 0.6) is 5.75 Å². The maximum Gasteiger partial charge on any atom is 0.240 e. The van der Waals surface area contributed by atoms with Crippen LogP contribution in [0.2, 0.25) is 0 Å². The molecule has 2 aromatic carbocycles. The van der Waals surface area contributed by atoms with E-state index >= 15 is 0 Å². The first-order valence-corrected chi connectivity index (χ1v) is 10.6. The number of hydrogen-bond donors (Lipinski definition) is 2. The third-order valence-electron chi connectivity index (χ3n) is 5.51. The fourth-order valence-electron chi connectivity index (χ4n) is 3.79. The van der Waals surface area contributed by atoms with E-state index in [0.29, 0.717) is 11.3 Å². The van der Waals surface area contributed by atoms with E-state index in [2.05, 4.69) is 9.71 Å². The van der Waals surface area contributed by atoms with Gasteiger partial charge < -0.3 is 9.72 Å². The number of fused-ring (bicyclic) bond motifs is 3. The molecule has 0 saturated heterocycles. The smallest absolute Gasteiger partial charge is 0.240 e. The van der Waals surface area contributed by atoms with Crippen LogP contribution >= 0.6 is 0 Å². The average Bonchev–Trinajstić information content (AvgIpc) is 3.00. The van der Waals surface area contributed by atoms with Crippen molar-refractivity contribution < 1.29 is 13.2 Å². The fraction of sp³-hybridized carbons (Fsp3) is 0.333. The zero-order chi connectivity index (χ0) is 19.2. The van der Waals surface area contributed by atoms with Crippen molar-refractivity contribution in [3.63, 3.8) is 0 Å². The topological polar surface area (TPSA) is 71.2 Å². The Morgan fingerprint density at radius 3 is 2.67 bits per heavy atom. The van der Waals surface area contributed by atoms with Crippen LogP contribution in [0.4, 0.5) is 0 Å². The zero-order valence-corrected chi connectivity index (χ0v) is 16.6. The summed E-state index contributed by atoms with van der Waals surface area (Å²) in [6, 6.07) is 11.1. The Morgan fingerprint density at radius 1 is 1.11 bits per heavy atom. The summed E-state index contributed by atoms with van der Waals surface area (Å²) >= 11 is 0. The van der Waals surface area contributed by atoms with Crippen molar-refractivity contribution in [2.24, 2.45) is 0 Å². The van der Waals surface area contributed by atoms with E-state index < -0.39 is 10.0 Å². The number of aromatic nitrogens is 1. The van der Waals surface area contributed by atoms with Gasteiger partial charge in [0, 0.05) is 22.6 Å². The minimum atomic E-state index is -3.54. The summed E-state index contributed by atoms with van der Waals surface area (Å²) in [4.78, 5) is 3.79. The van der Waals surface area contributed by atoms with Gasteiger partial charge in [-0.1, -0.05) is 6.07 Å². The van der Waals surface area contributed by atoms with Crippen LogP contribution in [0, 0.1) is 13.8 Å². The molecule has 1 heterocycles. The van der Waals surface area contributed by atoms with Crippen LogP contribution in [-0.4, -0.2) is 26.6 Å². The quantitative estimate of drug-likeness (QED) is 0.722. The Morgan fingerprint density at radius 2 is 1.93 bits per heavy atom. The van der Waals surface area contributed by atoms with E-state index in [1.165, 1.54) is 11.3 Å². The molecule has 0 saturated carbocycles. The first-order valence-electron chi connectivity index (χ1n) is 9.14. The summed E-state index contributed by atoms with van der Waals surface area (Å²) in [6.45, 7) is 3.91. The molecule has 1 atom stereocenters. The van der Waals surface area contributed by atoms with Gasteiger partial charge in [-0.3, -0.25) is 0 Å². The largest absolute Gasteiger partial charge is 0.497 e. The van der Waals surface area contributed by atoms with Crippen LogP contribution in [0.15, 0.2) is 41.3 Å². The van der Waals surface area contributed by atoms with Gasteiger partial charge in [0.1, 0.15) is 5.75 Å². The van der Waals surface area contributed by atoms with Crippen molar-refractivity contribution >= 4 is 20.9 Å². The first kappa shape index (κ1) is 18.1. The number of hydrogen-bond acceptors (Lipinski definition) is 3. The fourth-order valence-corrected chi connectivity index (χ4v) is 5.15. The number of nitrogens with one attached hydrogen (secondary N) is 2. The highest BCUT2D eigenvalue weighted by Crippen LogP contribution is 2.32. The minimum Gasteiger partial charge on any atom is -0.497 e. The molecule has 3 aromatic rings. The zero-order valence-electron chi connectivity index (χ0n) is 15.8. The Bertz CT molecular complexity index is 1120. The number of sulfonamides is 1. The molecule has 0 aliphatic heterocycles. The van der Waals surface area contributed by atoms with E-state index in [-0.39, 0.29) is 6.04 Å². The van der Waals surface area contributed by atoms with E-state index in [0.717, 1.165) is 40.6 Å².